The second-order valence-corrected chi connectivity index (χ2v) is 5.75. The standard InChI is InChI=1S/C13H15ClN2O2/c14-10-3-8(4-11(15)5-10)12(17)16-6-13(18,7-16)9-1-2-9/h3-5,9,18H,1-2,6-7,15H2. The number of carbonyl (C=O) groups is 1. The first-order valence-corrected chi connectivity index (χ1v) is 6.43. The third-order valence-corrected chi connectivity index (χ3v) is 3.94. The lowest BCUT2D eigenvalue weighted by Crippen LogP contribution is -2.64. The molecule has 1 amide bonds. The van der Waals surface area contributed by atoms with Gasteiger partial charge in [0.1, 0.15) is 5.60 Å². The lowest BCUT2D eigenvalue weighted by molar-refractivity contribution is -0.0958. The molecule has 4 nitrogen and oxygen atoms in total. The SMILES string of the molecule is Nc1cc(Cl)cc(C(=O)N2CC(O)(C3CC3)C2)c1. The van der Waals surface area contributed by atoms with Crippen molar-refractivity contribution in [1.29, 1.82) is 0 Å². The van der Waals surface area contributed by atoms with Crippen LogP contribution in [-0.2, 0) is 0 Å². The van der Waals surface area contributed by atoms with Gasteiger partial charge in [0.05, 0.1) is 13.1 Å². The van der Waals surface area contributed by atoms with E-state index < -0.39 is 5.60 Å². The van der Waals surface area contributed by atoms with Gasteiger partial charge in [-0.2, -0.15) is 0 Å². The van der Waals surface area contributed by atoms with E-state index in [0.29, 0.717) is 35.3 Å². The Morgan fingerprint density at radius 3 is 2.61 bits per heavy atom. The Kier molecular flexibility index (Phi) is 2.54. The largest absolute Gasteiger partial charge is 0.399 e. The maximum Gasteiger partial charge on any atom is 0.254 e. The molecule has 1 saturated heterocycles. The fraction of sp³-hybridized carbons (Fsp3) is 0.462. The zero-order chi connectivity index (χ0) is 12.9. The minimum atomic E-state index is -0.653. The summed E-state index contributed by atoms with van der Waals surface area (Å²) < 4.78 is 0. The molecule has 0 aromatic heterocycles. The van der Waals surface area contributed by atoms with Gasteiger partial charge in [-0.3, -0.25) is 4.79 Å². The number of amides is 1. The van der Waals surface area contributed by atoms with Gasteiger partial charge >= 0.3 is 0 Å². The molecule has 1 aliphatic heterocycles. The Morgan fingerprint density at radius 1 is 1.39 bits per heavy atom. The third kappa shape index (κ3) is 1.95. The molecule has 1 aromatic carbocycles. The smallest absolute Gasteiger partial charge is 0.254 e. The Bertz CT molecular complexity index is 487. The molecule has 2 fully saturated rings. The summed E-state index contributed by atoms with van der Waals surface area (Å²) in [5, 5.41) is 10.6. The number of β-amino-alcohol motifs (C(OH)–C–C–N with tert-alkyl or cyclic N) is 1. The second kappa shape index (κ2) is 3.87. The summed E-state index contributed by atoms with van der Waals surface area (Å²) in [4.78, 5) is 13.8. The molecule has 0 unspecified atom stereocenters. The van der Waals surface area contributed by atoms with Gasteiger partial charge in [0.15, 0.2) is 0 Å². The molecule has 2 aliphatic rings. The van der Waals surface area contributed by atoms with Crippen LogP contribution in [0.2, 0.25) is 5.02 Å². The van der Waals surface area contributed by atoms with Crippen molar-refractivity contribution < 1.29 is 9.90 Å². The minimum Gasteiger partial charge on any atom is -0.399 e. The minimum absolute atomic E-state index is 0.116. The van der Waals surface area contributed by atoms with E-state index in [9.17, 15) is 9.90 Å². The molecular formula is C13H15ClN2O2. The highest BCUT2D eigenvalue weighted by molar-refractivity contribution is 6.31. The number of benzene rings is 1. The van der Waals surface area contributed by atoms with Crippen molar-refractivity contribution in [3.63, 3.8) is 0 Å². The van der Waals surface area contributed by atoms with Crippen LogP contribution in [0.15, 0.2) is 18.2 Å². The highest BCUT2D eigenvalue weighted by atomic mass is 35.5. The Hall–Kier alpha value is -1.26. The first-order chi connectivity index (χ1) is 8.48. The van der Waals surface area contributed by atoms with Crippen LogP contribution in [0.5, 0.6) is 0 Å². The van der Waals surface area contributed by atoms with E-state index in [0.717, 1.165) is 12.8 Å². The molecule has 5 heteroatoms. The van der Waals surface area contributed by atoms with Gasteiger partial charge in [0.2, 0.25) is 0 Å². The molecule has 0 radical (unpaired) electrons. The number of halogens is 1. The van der Waals surface area contributed by atoms with Gasteiger partial charge in [-0.15, -0.1) is 0 Å². The monoisotopic (exact) mass is 266 g/mol. The number of anilines is 1. The van der Waals surface area contributed by atoms with E-state index in [-0.39, 0.29) is 5.91 Å². The fourth-order valence-corrected chi connectivity index (χ4v) is 2.80. The van der Waals surface area contributed by atoms with Crippen molar-refractivity contribution in [1.82, 2.24) is 4.90 Å². The quantitative estimate of drug-likeness (QED) is 0.798. The van der Waals surface area contributed by atoms with E-state index in [4.69, 9.17) is 17.3 Å². The summed E-state index contributed by atoms with van der Waals surface area (Å²) in [6.07, 6.45) is 2.14. The number of nitrogens with zero attached hydrogens (tertiary/aromatic N) is 1. The first-order valence-electron chi connectivity index (χ1n) is 6.06. The Morgan fingerprint density at radius 2 is 2.06 bits per heavy atom. The van der Waals surface area contributed by atoms with E-state index in [1.54, 1.807) is 23.1 Å². The predicted molar refractivity (Wildman–Crippen MR) is 69.4 cm³/mol. The molecule has 1 saturated carbocycles. The number of hydrogen-bond acceptors (Lipinski definition) is 3. The Labute approximate surface area is 110 Å². The van der Waals surface area contributed by atoms with Gasteiger partial charge in [-0.25, -0.2) is 0 Å². The number of aliphatic hydroxyl groups is 1. The van der Waals surface area contributed by atoms with E-state index in [2.05, 4.69) is 0 Å². The maximum atomic E-state index is 12.2. The molecule has 0 bridgehead atoms. The molecule has 1 aliphatic carbocycles. The van der Waals surface area contributed by atoms with Gasteiger partial charge in [0, 0.05) is 16.3 Å². The van der Waals surface area contributed by atoms with Crippen molar-refractivity contribution in [2.75, 3.05) is 18.8 Å². The van der Waals surface area contributed by atoms with Crippen LogP contribution in [-0.4, -0.2) is 34.6 Å². The van der Waals surface area contributed by atoms with Crippen molar-refractivity contribution in [3.05, 3.63) is 28.8 Å². The molecule has 0 atom stereocenters. The summed E-state index contributed by atoms with van der Waals surface area (Å²) in [5.41, 5.74) is 5.97. The van der Waals surface area contributed by atoms with Crippen LogP contribution < -0.4 is 5.73 Å². The summed E-state index contributed by atoms with van der Waals surface area (Å²) in [7, 11) is 0. The molecular weight excluding hydrogens is 252 g/mol. The van der Waals surface area contributed by atoms with Crippen molar-refractivity contribution in [3.8, 4) is 0 Å². The third-order valence-electron chi connectivity index (χ3n) is 3.72. The van der Waals surface area contributed by atoms with Crippen LogP contribution >= 0.6 is 11.6 Å². The summed E-state index contributed by atoms with van der Waals surface area (Å²) >= 11 is 5.88. The zero-order valence-electron chi connectivity index (χ0n) is 9.90. The molecule has 18 heavy (non-hydrogen) atoms. The van der Waals surface area contributed by atoms with Crippen LogP contribution in [0.25, 0.3) is 0 Å². The van der Waals surface area contributed by atoms with Gasteiger partial charge < -0.3 is 15.7 Å². The van der Waals surface area contributed by atoms with E-state index in [1.807, 2.05) is 0 Å². The fourth-order valence-electron chi connectivity index (χ4n) is 2.56. The van der Waals surface area contributed by atoms with Crippen molar-refractivity contribution >= 4 is 23.2 Å². The number of hydrogen-bond donors (Lipinski definition) is 2. The van der Waals surface area contributed by atoms with Crippen molar-refractivity contribution in [2.45, 2.75) is 18.4 Å². The molecule has 3 N–H and O–H groups in total. The summed E-state index contributed by atoms with van der Waals surface area (Å²) in [6, 6.07) is 4.83. The van der Waals surface area contributed by atoms with Crippen LogP contribution in [0, 0.1) is 5.92 Å². The zero-order valence-corrected chi connectivity index (χ0v) is 10.7. The van der Waals surface area contributed by atoms with Crippen LogP contribution in [0.3, 0.4) is 0 Å². The first kappa shape index (κ1) is 11.8. The van der Waals surface area contributed by atoms with Crippen LogP contribution in [0.4, 0.5) is 5.69 Å². The summed E-state index contributed by atoms with van der Waals surface area (Å²) in [6.45, 7) is 0.839. The van der Waals surface area contributed by atoms with Crippen molar-refractivity contribution in [2.24, 2.45) is 5.92 Å². The van der Waals surface area contributed by atoms with Crippen LogP contribution in [0.1, 0.15) is 23.2 Å². The van der Waals surface area contributed by atoms with E-state index >= 15 is 0 Å². The summed E-state index contributed by atoms with van der Waals surface area (Å²) in [5.74, 6) is 0.264. The van der Waals surface area contributed by atoms with Gasteiger partial charge in [0.25, 0.3) is 5.91 Å². The molecule has 96 valence electrons. The average Bonchev–Trinajstić information content (AvgIpc) is 3.06. The van der Waals surface area contributed by atoms with E-state index in [1.165, 1.54) is 0 Å². The molecule has 0 spiro atoms. The normalized spacial score (nSPS) is 21.6. The number of nitrogen functional groups attached to an aromatic ring is 1. The molecule has 1 heterocycles. The van der Waals surface area contributed by atoms with Gasteiger partial charge in [-0.05, 0) is 37.0 Å². The van der Waals surface area contributed by atoms with Gasteiger partial charge in [-0.1, -0.05) is 11.6 Å². The topological polar surface area (TPSA) is 66.6 Å². The maximum absolute atomic E-state index is 12.2. The lowest BCUT2D eigenvalue weighted by atomic mass is 9.88. The number of likely N-dealkylation sites (tertiary alicyclic amines) is 1. The highest BCUT2D eigenvalue weighted by Crippen LogP contribution is 2.44. The molecule has 1 aromatic rings. The number of rotatable bonds is 2. The Balaban J connectivity index is 1.72. The average molecular weight is 267 g/mol. The molecule has 3 rings (SSSR count). The number of nitrogens with two attached hydrogens (primary N) is 1. The number of carbonyl (C=O) groups excluding carboxylic acids is 1. The predicted octanol–water partition coefficient (Wildman–Crippen LogP) is 1.52. The second-order valence-electron chi connectivity index (χ2n) is 5.31. The lowest BCUT2D eigenvalue weighted by Gasteiger charge is -2.47. The highest BCUT2D eigenvalue weighted by Gasteiger charge is 2.53.